The Kier molecular flexibility index (Phi) is 5.66. The van der Waals surface area contributed by atoms with Gasteiger partial charge in [0.2, 0.25) is 5.95 Å². The Balaban J connectivity index is 1.51. The second kappa shape index (κ2) is 8.52. The monoisotopic (exact) mass is 397 g/mol. The molecule has 0 spiro atoms. The molecule has 4 rings (SSSR count). The van der Waals surface area contributed by atoms with Crippen molar-refractivity contribution in [3.05, 3.63) is 30.1 Å². The topological polar surface area (TPSA) is 123 Å². The molecule has 0 bridgehead atoms. The van der Waals surface area contributed by atoms with Crippen LogP contribution in [0.1, 0.15) is 31.2 Å². The van der Waals surface area contributed by atoms with Crippen LogP contribution in [0.4, 0.5) is 11.8 Å². The average Bonchev–Trinajstić information content (AvgIpc) is 3.22. The maximum Gasteiger partial charge on any atom is 0.227 e. The molecule has 2 heterocycles. The summed E-state index contributed by atoms with van der Waals surface area (Å²) in [6.07, 6.45) is 5.72. The normalized spacial score (nSPS) is 19.1. The molecule has 0 atom stereocenters. The number of rotatable bonds is 7. The summed E-state index contributed by atoms with van der Waals surface area (Å²) >= 11 is 0. The SMILES string of the molecule is COc1ccc(CNc2nc(NC3CCC(N)CC3)nc3nc[nH]c23)cc1OC. The Morgan fingerprint density at radius 3 is 2.66 bits per heavy atom. The summed E-state index contributed by atoms with van der Waals surface area (Å²) in [6, 6.07) is 6.47. The first kappa shape index (κ1) is 19.3. The molecule has 1 aliphatic rings. The smallest absolute Gasteiger partial charge is 0.227 e. The maximum absolute atomic E-state index is 6.01. The highest BCUT2D eigenvalue weighted by atomic mass is 16.5. The number of nitrogens with one attached hydrogen (secondary N) is 3. The van der Waals surface area contributed by atoms with Crippen molar-refractivity contribution < 1.29 is 9.47 Å². The third kappa shape index (κ3) is 4.34. The molecule has 29 heavy (non-hydrogen) atoms. The number of aromatic nitrogens is 4. The van der Waals surface area contributed by atoms with Gasteiger partial charge >= 0.3 is 0 Å². The molecule has 9 heteroatoms. The van der Waals surface area contributed by atoms with Gasteiger partial charge in [-0.3, -0.25) is 0 Å². The van der Waals surface area contributed by atoms with Crippen LogP contribution in [0.2, 0.25) is 0 Å². The molecule has 3 aromatic rings. The molecular formula is C20H27N7O2. The lowest BCUT2D eigenvalue weighted by Crippen LogP contribution is -2.33. The second-order valence-corrected chi connectivity index (χ2v) is 7.30. The fraction of sp³-hybridized carbons (Fsp3) is 0.450. The van der Waals surface area contributed by atoms with Gasteiger partial charge in [-0.2, -0.15) is 9.97 Å². The largest absolute Gasteiger partial charge is 0.493 e. The molecule has 1 saturated carbocycles. The minimum absolute atomic E-state index is 0.307. The average molecular weight is 397 g/mol. The summed E-state index contributed by atoms with van der Waals surface area (Å²) < 4.78 is 10.7. The van der Waals surface area contributed by atoms with Crippen LogP contribution in [0, 0.1) is 0 Å². The third-order valence-corrected chi connectivity index (χ3v) is 5.30. The summed E-state index contributed by atoms with van der Waals surface area (Å²) in [5.41, 5.74) is 8.46. The molecule has 154 valence electrons. The highest BCUT2D eigenvalue weighted by Crippen LogP contribution is 2.28. The molecular weight excluding hydrogens is 370 g/mol. The van der Waals surface area contributed by atoms with Gasteiger partial charge in [0.05, 0.1) is 20.5 Å². The molecule has 0 amide bonds. The number of imidazole rings is 1. The lowest BCUT2D eigenvalue weighted by atomic mass is 9.92. The van der Waals surface area contributed by atoms with Crippen LogP contribution in [0.25, 0.3) is 11.2 Å². The molecule has 0 radical (unpaired) electrons. The number of nitrogens with two attached hydrogens (primary N) is 1. The van der Waals surface area contributed by atoms with Gasteiger partial charge in [-0.05, 0) is 43.4 Å². The zero-order valence-electron chi connectivity index (χ0n) is 16.7. The zero-order chi connectivity index (χ0) is 20.2. The van der Waals surface area contributed by atoms with Gasteiger partial charge in [0.15, 0.2) is 23.0 Å². The third-order valence-electron chi connectivity index (χ3n) is 5.30. The minimum Gasteiger partial charge on any atom is -0.493 e. The summed E-state index contributed by atoms with van der Waals surface area (Å²) in [5.74, 6) is 2.68. The Hall–Kier alpha value is -3.07. The molecule has 0 aliphatic heterocycles. The van der Waals surface area contributed by atoms with Crippen LogP contribution in [-0.2, 0) is 6.54 Å². The Bertz CT molecular complexity index is 967. The first-order chi connectivity index (χ1) is 14.2. The molecule has 0 unspecified atom stereocenters. The number of aromatic amines is 1. The van der Waals surface area contributed by atoms with Gasteiger partial charge in [-0.15, -0.1) is 0 Å². The Morgan fingerprint density at radius 2 is 1.90 bits per heavy atom. The lowest BCUT2D eigenvalue weighted by Gasteiger charge is -2.26. The van der Waals surface area contributed by atoms with Crippen LogP contribution in [-0.4, -0.2) is 46.2 Å². The lowest BCUT2D eigenvalue weighted by molar-refractivity contribution is 0.354. The number of hydrogen-bond donors (Lipinski definition) is 4. The standard InChI is InChI=1S/C20H27N7O2/c1-28-15-8-3-12(9-16(15)29-2)10-22-18-17-19(24-11-23-17)27-20(26-18)25-14-6-4-13(21)5-7-14/h3,8-9,11,13-14H,4-7,10,21H2,1-2H3,(H3,22,23,24,25,26,27). The van der Waals surface area contributed by atoms with Crippen molar-refractivity contribution in [3.63, 3.8) is 0 Å². The summed E-state index contributed by atoms with van der Waals surface area (Å²) in [7, 11) is 3.25. The highest BCUT2D eigenvalue weighted by molar-refractivity contribution is 5.83. The molecule has 1 fully saturated rings. The van der Waals surface area contributed by atoms with Gasteiger partial charge in [-0.25, -0.2) is 4.98 Å². The van der Waals surface area contributed by atoms with E-state index in [0.29, 0.717) is 47.5 Å². The summed E-state index contributed by atoms with van der Waals surface area (Å²) in [5, 5.41) is 6.83. The summed E-state index contributed by atoms with van der Waals surface area (Å²) in [6.45, 7) is 0.573. The van der Waals surface area contributed by atoms with Crippen LogP contribution in [0.3, 0.4) is 0 Å². The van der Waals surface area contributed by atoms with E-state index >= 15 is 0 Å². The predicted molar refractivity (Wildman–Crippen MR) is 112 cm³/mol. The van der Waals surface area contributed by atoms with Gasteiger partial charge in [0.25, 0.3) is 0 Å². The number of nitrogens with zero attached hydrogens (tertiary/aromatic N) is 3. The van der Waals surface area contributed by atoms with Crippen molar-refractivity contribution in [3.8, 4) is 11.5 Å². The Labute approximate surface area is 169 Å². The molecule has 9 nitrogen and oxygen atoms in total. The van der Waals surface area contributed by atoms with Gasteiger partial charge in [0.1, 0.15) is 5.52 Å². The van der Waals surface area contributed by atoms with E-state index in [1.807, 2.05) is 18.2 Å². The van der Waals surface area contributed by atoms with Crippen LogP contribution >= 0.6 is 0 Å². The minimum atomic E-state index is 0.307. The Morgan fingerprint density at radius 1 is 1.10 bits per heavy atom. The van der Waals surface area contributed by atoms with Gasteiger partial charge < -0.3 is 30.8 Å². The van der Waals surface area contributed by atoms with Gasteiger partial charge in [0, 0.05) is 18.6 Å². The van der Waals surface area contributed by atoms with E-state index in [-0.39, 0.29) is 0 Å². The maximum atomic E-state index is 6.01. The van der Waals surface area contributed by atoms with E-state index in [2.05, 4.69) is 30.6 Å². The van der Waals surface area contributed by atoms with Crippen molar-refractivity contribution >= 4 is 22.9 Å². The number of methoxy groups -OCH3 is 2. The van der Waals surface area contributed by atoms with Crippen LogP contribution < -0.4 is 25.8 Å². The van der Waals surface area contributed by atoms with Crippen molar-refractivity contribution in [1.82, 2.24) is 19.9 Å². The number of anilines is 2. The summed E-state index contributed by atoms with van der Waals surface area (Å²) in [4.78, 5) is 16.6. The van der Waals surface area contributed by atoms with Crippen LogP contribution in [0.15, 0.2) is 24.5 Å². The molecule has 5 N–H and O–H groups in total. The van der Waals surface area contributed by atoms with Gasteiger partial charge in [-0.1, -0.05) is 6.07 Å². The van der Waals surface area contributed by atoms with Crippen molar-refractivity contribution in [2.24, 2.45) is 5.73 Å². The number of ether oxygens (including phenoxy) is 2. The number of fused-ring (bicyclic) bond motifs is 1. The first-order valence-corrected chi connectivity index (χ1v) is 9.84. The van der Waals surface area contributed by atoms with Crippen LogP contribution in [0.5, 0.6) is 11.5 Å². The quantitative estimate of drug-likeness (QED) is 0.480. The van der Waals surface area contributed by atoms with E-state index < -0.39 is 0 Å². The van der Waals surface area contributed by atoms with Crippen molar-refractivity contribution in [1.29, 1.82) is 0 Å². The zero-order valence-corrected chi connectivity index (χ0v) is 16.7. The molecule has 1 aliphatic carbocycles. The van der Waals surface area contributed by atoms with E-state index in [1.54, 1.807) is 20.5 Å². The molecule has 0 saturated heterocycles. The first-order valence-electron chi connectivity index (χ1n) is 9.84. The van der Waals surface area contributed by atoms with Crippen molar-refractivity contribution in [2.45, 2.75) is 44.3 Å². The van der Waals surface area contributed by atoms with E-state index in [1.165, 1.54) is 0 Å². The number of H-pyrrole nitrogens is 1. The highest BCUT2D eigenvalue weighted by Gasteiger charge is 2.20. The molecule has 2 aromatic heterocycles. The van der Waals surface area contributed by atoms with Crippen molar-refractivity contribution in [2.75, 3.05) is 24.9 Å². The number of benzene rings is 1. The second-order valence-electron chi connectivity index (χ2n) is 7.30. The fourth-order valence-corrected chi connectivity index (χ4v) is 3.65. The van der Waals surface area contributed by atoms with E-state index in [4.69, 9.17) is 15.2 Å². The van der Waals surface area contributed by atoms with E-state index in [9.17, 15) is 0 Å². The number of hydrogen-bond acceptors (Lipinski definition) is 8. The fourth-order valence-electron chi connectivity index (χ4n) is 3.65. The molecule has 1 aromatic carbocycles. The van der Waals surface area contributed by atoms with E-state index in [0.717, 1.165) is 36.8 Å². The predicted octanol–water partition coefficient (Wildman–Crippen LogP) is 2.66.